The Kier molecular flexibility index (Phi) is 6.14. The maximum absolute atomic E-state index is 10.7. The first kappa shape index (κ1) is 18.6. The largest absolute Gasteiger partial charge is 0.360 e. The Labute approximate surface area is 158 Å². The summed E-state index contributed by atoms with van der Waals surface area (Å²) in [5.74, 6) is 0.752. The maximum atomic E-state index is 10.7. The van der Waals surface area contributed by atoms with Crippen molar-refractivity contribution in [1.29, 1.82) is 0 Å². The third-order valence-electron chi connectivity index (χ3n) is 4.47. The van der Waals surface area contributed by atoms with Gasteiger partial charge in [0, 0.05) is 30.9 Å². The molecule has 0 aliphatic carbocycles. The van der Waals surface area contributed by atoms with Crippen LogP contribution in [-0.2, 0) is 6.42 Å². The highest BCUT2D eigenvalue weighted by Gasteiger charge is 2.08. The Morgan fingerprint density at radius 1 is 1.11 bits per heavy atom. The van der Waals surface area contributed by atoms with E-state index in [2.05, 4.69) is 33.4 Å². The molecule has 2 aromatic heterocycles. The van der Waals surface area contributed by atoms with Crippen molar-refractivity contribution in [1.82, 2.24) is 15.2 Å². The number of anilines is 1. The van der Waals surface area contributed by atoms with Crippen molar-refractivity contribution in [3.8, 4) is 11.3 Å². The lowest BCUT2D eigenvalue weighted by molar-refractivity contribution is -0.385. The zero-order chi connectivity index (χ0) is 19.1. The molecule has 1 aromatic carbocycles. The van der Waals surface area contributed by atoms with E-state index in [1.807, 2.05) is 30.1 Å². The monoisotopic (exact) mass is 365 g/mol. The van der Waals surface area contributed by atoms with Crippen LogP contribution in [0.25, 0.3) is 11.3 Å². The molecule has 0 amide bonds. The highest BCUT2D eigenvalue weighted by molar-refractivity contribution is 5.58. The second-order valence-electron chi connectivity index (χ2n) is 6.51. The van der Waals surface area contributed by atoms with Crippen molar-refractivity contribution in [2.75, 3.05) is 18.5 Å². The number of hydrogen-bond donors (Lipinski definition) is 1. The maximum Gasteiger partial charge on any atom is 0.287 e. The fourth-order valence-electron chi connectivity index (χ4n) is 2.91. The summed E-state index contributed by atoms with van der Waals surface area (Å²) in [5, 5.41) is 18.2. The van der Waals surface area contributed by atoms with Crippen molar-refractivity contribution in [3.05, 3.63) is 70.5 Å². The van der Waals surface area contributed by atoms with Gasteiger partial charge in [-0.2, -0.15) is 5.10 Å². The van der Waals surface area contributed by atoms with Gasteiger partial charge >= 0.3 is 0 Å². The average Bonchev–Trinajstić information content (AvgIpc) is 3.17. The summed E-state index contributed by atoms with van der Waals surface area (Å²) in [6.07, 6.45) is 5.48. The van der Waals surface area contributed by atoms with Crippen LogP contribution in [0.3, 0.4) is 0 Å². The zero-order valence-electron chi connectivity index (χ0n) is 15.3. The van der Waals surface area contributed by atoms with Gasteiger partial charge in [-0.15, -0.1) is 0 Å². The zero-order valence-corrected chi connectivity index (χ0v) is 15.3. The molecule has 0 unspecified atom stereocenters. The van der Waals surface area contributed by atoms with Gasteiger partial charge in [-0.25, -0.2) is 4.98 Å². The van der Waals surface area contributed by atoms with Crippen LogP contribution in [0.5, 0.6) is 0 Å². The van der Waals surface area contributed by atoms with Crippen molar-refractivity contribution >= 4 is 11.5 Å². The van der Waals surface area contributed by atoms with Crippen LogP contribution in [0.15, 0.2) is 54.7 Å². The summed E-state index contributed by atoms with van der Waals surface area (Å²) in [4.78, 5) is 16.4. The van der Waals surface area contributed by atoms with Gasteiger partial charge in [0.25, 0.3) is 5.69 Å². The Hall–Kier alpha value is -3.22. The van der Waals surface area contributed by atoms with Crippen LogP contribution >= 0.6 is 0 Å². The summed E-state index contributed by atoms with van der Waals surface area (Å²) in [6.45, 7) is 0.864. The summed E-state index contributed by atoms with van der Waals surface area (Å²) in [7, 11) is 1.95. The van der Waals surface area contributed by atoms with E-state index in [-0.39, 0.29) is 5.69 Å². The second kappa shape index (κ2) is 8.93. The summed E-state index contributed by atoms with van der Waals surface area (Å²) >= 11 is 0. The van der Waals surface area contributed by atoms with E-state index < -0.39 is 4.92 Å². The van der Waals surface area contributed by atoms with E-state index in [1.54, 1.807) is 6.07 Å². The number of aryl methyl sites for hydroxylation is 1. The number of H-pyrrole nitrogens is 1. The molecule has 3 rings (SSSR count). The van der Waals surface area contributed by atoms with Crippen molar-refractivity contribution in [3.63, 3.8) is 0 Å². The van der Waals surface area contributed by atoms with Gasteiger partial charge in [-0.05, 0) is 31.4 Å². The summed E-state index contributed by atoms with van der Waals surface area (Å²) in [6, 6.07) is 15.4. The molecule has 0 fully saturated rings. The standard InChI is InChI=1S/C20H23N5O2/c1-24(20-12-11-18(15-21-20)25(26)27)13-7-3-6-10-17-14-19(23-22-17)16-8-4-2-5-9-16/h2,4-5,8-9,11-12,14-15H,3,6-7,10,13H2,1H3,(H,22,23). The molecular formula is C20H23N5O2. The Morgan fingerprint density at radius 3 is 2.63 bits per heavy atom. The minimum atomic E-state index is -0.435. The quantitative estimate of drug-likeness (QED) is 0.348. The number of aromatic amines is 1. The van der Waals surface area contributed by atoms with Crippen molar-refractivity contribution in [2.24, 2.45) is 0 Å². The number of benzene rings is 1. The summed E-state index contributed by atoms with van der Waals surface area (Å²) in [5.41, 5.74) is 3.27. The fraction of sp³-hybridized carbons (Fsp3) is 0.300. The molecule has 2 heterocycles. The van der Waals surface area contributed by atoms with Crippen LogP contribution in [-0.4, -0.2) is 33.7 Å². The van der Waals surface area contributed by atoms with E-state index in [0.29, 0.717) is 0 Å². The number of unbranched alkanes of at least 4 members (excludes halogenated alkanes) is 2. The van der Waals surface area contributed by atoms with Gasteiger partial charge in [0.2, 0.25) is 0 Å². The summed E-state index contributed by atoms with van der Waals surface area (Å²) < 4.78 is 0. The lowest BCUT2D eigenvalue weighted by atomic mass is 10.1. The minimum absolute atomic E-state index is 0.0154. The van der Waals surface area contributed by atoms with Crippen molar-refractivity contribution < 1.29 is 4.92 Å². The number of aromatic nitrogens is 3. The van der Waals surface area contributed by atoms with Gasteiger partial charge < -0.3 is 4.90 Å². The molecule has 0 aliphatic heterocycles. The van der Waals surface area contributed by atoms with E-state index in [1.165, 1.54) is 12.3 Å². The molecule has 0 saturated carbocycles. The van der Waals surface area contributed by atoms with Crippen LogP contribution in [0, 0.1) is 10.1 Å². The number of rotatable bonds is 9. The molecule has 0 saturated heterocycles. The van der Waals surface area contributed by atoms with E-state index in [4.69, 9.17) is 0 Å². The predicted octanol–water partition coefficient (Wildman–Crippen LogP) is 4.23. The number of nitrogens with zero attached hydrogens (tertiary/aromatic N) is 4. The molecule has 0 bridgehead atoms. The number of pyridine rings is 1. The molecule has 1 N–H and O–H groups in total. The van der Waals surface area contributed by atoms with Crippen LogP contribution in [0.1, 0.15) is 25.0 Å². The highest BCUT2D eigenvalue weighted by atomic mass is 16.6. The minimum Gasteiger partial charge on any atom is -0.360 e. The Morgan fingerprint density at radius 2 is 1.93 bits per heavy atom. The van der Waals surface area contributed by atoms with Gasteiger partial charge in [-0.1, -0.05) is 36.8 Å². The molecule has 0 spiro atoms. The van der Waals surface area contributed by atoms with Gasteiger partial charge in [0.1, 0.15) is 12.0 Å². The molecule has 0 atom stereocenters. The van der Waals surface area contributed by atoms with E-state index in [9.17, 15) is 10.1 Å². The van der Waals surface area contributed by atoms with Gasteiger partial charge in [-0.3, -0.25) is 15.2 Å². The smallest absolute Gasteiger partial charge is 0.287 e. The van der Waals surface area contributed by atoms with E-state index >= 15 is 0 Å². The fourth-order valence-corrected chi connectivity index (χ4v) is 2.91. The molecule has 27 heavy (non-hydrogen) atoms. The van der Waals surface area contributed by atoms with Crippen LogP contribution < -0.4 is 4.90 Å². The first-order chi connectivity index (χ1) is 13.1. The molecule has 7 nitrogen and oxygen atoms in total. The molecule has 0 radical (unpaired) electrons. The number of nitrogens with one attached hydrogen (secondary N) is 1. The molecule has 0 aliphatic rings. The number of nitro groups is 1. The number of hydrogen-bond acceptors (Lipinski definition) is 5. The third-order valence-corrected chi connectivity index (χ3v) is 4.47. The topological polar surface area (TPSA) is 88.0 Å². The third kappa shape index (κ3) is 5.13. The molecular weight excluding hydrogens is 342 g/mol. The average molecular weight is 365 g/mol. The first-order valence-electron chi connectivity index (χ1n) is 9.05. The molecule has 7 heteroatoms. The van der Waals surface area contributed by atoms with Gasteiger partial charge in [0.05, 0.1) is 10.6 Å². The Bertz CT molecular complexity index is 862. The second-order valence-corrected chi connectivity index (χ2v) is 6.51. The van der Waals surface area contributed by atoms with E-state index in [0.717, 1.165) is 55.0 Å². The highest BCUT2D eigenvalue weighted by Crippen LogP contribution is 2.18. The lowest BCUT2D eigenvalue weighted by Gasteiger charge is -2.17. The molecule has 3 aromatic rings. The SMILES string of the molecule is CN(CCCCCc1cc(-c2ccccc2)n[nH]1)c1ccc([N+](=O)[O-])cn1. The predicted molar refractivity (Wildman–Crippen MR) is 106 cm³/mol. The normalized spacial score (nSPS) is 10.7. The Balaban J connectivity index is 1.39. The molecule has 140 valence electrons. The van der Waals surface area contributed by atoms with Crippen LogP contribution in [0.4, 0.5) is 11.5 Å². The lowest BCUT2D eigenvalue weighted by Crippen LogP contribution is -2.19. The van der Waals surface area contributed by atoms with Crippen molar-refractivity contribution in [2.45, 2.75) is 25.7 Å². The van der Waals surface area contributed by atoms with Gasteiger partial charge in [0.15, 0.2) is 0 Å². The van der Waals surface area contributed by atoms with Crippen LogP contribution in [0.2, 0.25) is 0 Å². The first-order valence-corrected chi connectivity index (χ1v) is 9.05.